The summed E-state index contributed by atoms with van der Waals surface area (Å²) in [5.74, 6) is 0.441. The number of benzene rings is 2. The normalized spacial score (nSPS) is 12.6. The molecule has 0 saturated heterocycles. The molecule has 3 rings (SSSR count). The molecule has 0 fully saturated rings. The Bertz CT molecular complexity index is 921. The van der Waals surface area contributed by atoms with Crippen molar-refractivity contribution in [3.8, 4) is 11.5 Å². The fourth-order valence-electron chi connectivity index (χ4n) is 2.90. The molecule has 1 N–H and O–H groups in total. The van der Waals surface area contributed by atoms with Gasteiger partial charge in [0.2, 0.25) is 5.91 Å². The van der Waals surface area contributed by atoms with Gasteiger partial charge in [0.25, 0.3) is 0 Å². The number of fused-ring (bicyclic) bond motifs is 1. The molecule has 0 unspecified atom stereocenters. The molecule has 1 aliphatic heterocycles. The van der Waals surface area contributed by atoms with E-state index < -0.39 is 5.97 Å². The second-order valence-electron chi connectivity index (χ2n) is 6.40. The molecular weight excluding hydrogens is 362 g/mol. The van der Waals surface area contributed by atoms with Crippen molar-refractivity contribution in [2.45, 2.75) is 26.4 Å². The molecule has 0 atom stereocenters. The molecular formula is C21H21NO6. The summed E-state index contributed by atoms with van der Waals surface area (Å²) >= 11 is 0. The minimum Gasteiger partial charge on any atom is -0.496 e. The van der Waals surface area contributed by atoms with E-state index in [1.165, 1.54) is 14.0 Å². The lowest BCUT2D eigenvalue weighted by Gasteiger charge is -2.17. The Morgan fingerprint density at radius 2 is 1.93 bits per heavy atom. The van der Waals surface area contributed by atoms with Crippen molar-refractivity contribution in [1.29, 1.82) is 0 Å². The van der Waals surface area contributed by atoms with Gasteiger partial charge in [0.05, 0.1) is 7.11 Å². The average Bonchev–Trinajstić information content (AvgIpc) is 2.70. The Morgan fingerprint density at radius 3 is 2.68 bits per heavy atom. The third-order valence-electron chi connectivity index (χ3n) is 4.40. The van der Waals surface area contributed by atoms with Gasteiger partial charge >= 0.3 is 5.97 Å². The smallest absolute Gasteiger partial charge is 0.344 e. The molecule has 0 radical (unpaired) electrons. The molecule has 7 heteroatoms. The number of nitrogens with one attached hydrogen (secondary N) is 1. The van der Waals surface area contributed by atoms with Gasteiger partial charge < -0.3 is 19.5 Å². The van der Waals surface area contributed by atoms with Crippen molar-refractivity contribution >= 4 is 23.3 Å². The largest absolute Gasteiger partial charge is 0.496 e. The van der Waals surface area contributed by atoms with Crippen LogP contribution in [0.25, 0.3) is 0 Å². The Balaban J connectivity index is 1.56. The highest BCUT2D eigenvalue weighted by atomic mass is 16.6. The number of carbonyl (C=O) groups is 3. The van der Waals surface area contributed by atoms with Gasteiger partial charge in [-0.05, 0) is 55.3 Å². The molecule has 1 heterocycles. The molecule has 1 aliphatic rings. The summed E-state index contributed by atoms with van der Waals surface area (Å²) in [7, 11) is 1.51. The van der Waals surface area contributed by atoms with Crippen LogP contribution in [0.2, 0.25) is 0 Å². The van der Waals surface area contributed by atoms with Crippen molar-refractivity contribution in [2.24, 2.45) is 0 Å². The standard InChI is InChI=1S/C21H21NO6/c1-13(23)14-3-7-19(26-2)16(9-14)11-28-21(25)12-27-17-5-6-18-15(10-17)4-8-20(24)22-18/h3,5-7,9-10H,4,8,11-12H2,1-2H3,(H,22,24). The summed E-state index contributed by atoms with van der Waals surface area (Å²) in [6, 6.07) is 10.2. The number of hydrogen-bond donors (Lipinski definition) is 1. The lowest BCUT2D eigenvalue weighted by Crippen LogP contribution is -2.19. The first-order valence-electron chi connectivity index (χ1n) is 8.85. The second kappa shape index (κ2) is 8.56. The van der Waals surface area contributed by atoms with E-state index in [9.17, 15) is 14.4 Å². The Hall–Kier alpha value is -3.35. The minimum absolute atomic E-state index is 0.00554. The molecule has 0 spiro atoms. The zero-order chi connectivity index (χ0) is 20.1. The van der Waals surface area contributed by atoms with Crippen LogP contribution in [-0.2, 0) is 27.4 Å². The molecule has 7 nitrogen and oxygen atoms in total. The lowest BCUT2D eigenvalue weighted by molar-refractivity contribution is -0.147. The molecule has 1 amide bonds. The highest BCUT2D eigenvalue weighted by Gasteiger charge is 2.16. The topological polar surface area (TPSA) is 90.9 Å². The van der Waals surface area contributed by atoms with Crippen molar-refractivity contribution in [3.63, 3.8) is 0 Å². The maximum absolute atomic E-state index is 12.0. The predicted molar refractivity (Wildman–Crippen MR) is 102 cm³/mol. The van der Waals surface area contributed by atoms with Crippen molar-refractivity contribution in [3.05, 3.63) is 53.1 Å². The zero-order valence-electron chi connectivity index (χ0n) is 15.7. The van der Waals surface area contributed by atoms with Crippen LogP contribution >= 0.6 is 0 Å². The number of aryl methyl sites for hydroxylation is 1. The van der Waals surface area contributed by atoms with Crippen LogP contribution in [0.5, 0.6) is 11.5 Å². The molecule has 0 aromatic heterocycles. The predicted octanol–water partition coefficient (Wildman–Crippen LogP) is 2.90. The molecule has 146 valence electrons. The SMILES string of the molecule is COc1ccc(C(C)=O)cc1COC(=O)COc1ccc2c(c1)CCC(=O)N2. The number of rotatable bonds is 7. The average molecular weight is 383 g/mol. The number of Topliss-reactive ketones (excluding diaryl/α,β-unsaturated/α-hetero) is 1. The summed E-state index contributed by atoms with van der Waals surface area (Å²) in [6.07, 6.45) is 1.06. The van der Waals surface area contributed by atoms with E-state index in [-0.39, 0.29) is 24.9 Å². The van der Waals surface area contributed by atoms with E-state index in [1.54, 1.807) is 36.4 Å². The van der Waals surface area contributed by atoms with E-state index in [1.807, 2.05) is 0 Å². The number of anilines is 1. The summed E-state index contributed by atoms with van der Waals surface area (Å²) in [4.78, 5) is 34.9. The van der Waals surface area contributed by atoms with E-state index in [4.69, 9.17) is 14.2 Å². The molecule has 28 heavy (non-hydrogen) atoms. The highest BCUT2D eigenvalue weighted by Crippen LogP contribution is 2.27. The van der Waals surface area contributed by atoms with Gasteiger partial charge in [-0.25, -0.2) is 4.79 Å². The first kappa shape index (κ1) is 19.4. The lowest BCUT2D eigenvalue weighted by atomic mass is 10.0. The van der Waals surface area contributed by atoms with Gasteiger partial charge in [0.15, 0.2) is 12.4 Å². The molecule has 2 aromatic carbocycles. The minimum atomic E-state index is -0.540. The number of ether oxygens (including phenoxy) is 3. The maximum atomic E-state index is 12.0. The van der Waals surface area contributed by atoms with E-state index in [0.29, 0.717) is 35.5 Å². The number of hydrogen-bond acceptors (Lipinski definition) is 6. The highest BCUT2D eigenvalue weighted by molar-refractivity contribution is 5.94. The zero-order valence-corrected chi connectivity index (χ0v) is 15.7. The fraction of sp³-hybridized carbons (Fsp3) is 0.286. The molecule has 0 saturated carbocycles. The number of ketones is 1. The van der Waals surface area contributed by atoms with Gasteiger partial charge in [-0.1, -0.05) is 0 Å². The summed E-state index contributed by atoms with van der Waals surface area (Å²) in [5.41, 5.74) is 2.86. The van der Waals surface area contributed by atoms with Crippen LogP contribution in [0.1, 0.15) is 34.8 Å². The Kier molecular flexibility index (Phi) is 5.93. The van der Waals surface area contributed by atoms with E-state index >= 15 is 0 Å². The van der Waals surface area contributed by atoms with Crippen molar-refractivity contribution in [2.75, 3.05) is 19.0 Å². The second-order valence-corrected chi connectivity index (χ2v) is 6.40. The van der Waals surface area contributed by atoms with Crippen molar-refractivity contribution in [1.82, 2.24) is 0 Å². The maximum Gasteiger partial charge on any atom is 0.344 e. The first-order chi connectivity index (χ1) is 13.5. The third kappa shape index (κ3) is 4.68. The van der Waals surface area contributed by atoms with Crippen LogP contribution in [0.4, 0.5) is 5.69 Å². The molecule has 0 aliphatic carbocycles. The number of carbonyl (C=O) groups excluding carboxylic acids is 3. The van der Waals surface area contributed by atoms with E-state index in [0.717, 1.165) is 11.3 Å². The fourth-order valence-corrected chi connectivity index (χ4v) is 2.90. The number of esters is 1. The number of amides is 1. The summed E-state index contributed by atoms with van der Waals surface area (Å²) < 4.78 is 16.0. The monoisotopic (exact) mass is 383 g/mol. The van der Waals surface area contributed by atoms with Crippen LogP contribution in [-0.4, -0.2) is 31.4 Å². The van der Waals surface area contributed by atoms with Crippen LogP contribution in [0, 0.1) is 0 Å². The van der Waals surface area contributed by atoms with E-state index in [2.05, 4.69) is 5.32 Å². The van der Waals surface area contributed by atoms with Crippen LogP contribution in [0.3, 0.4) is 0 Å². The van der Waals surface area contributed by atoms with Gasteiger partial charge in [0.1, 0.15) is 18.1 Å². The summed E-state index contributed by atoms with van der Waals surface area (Å²) in [5, 5.41) is 2.79. The molecule has 2 aromatic rings. The van der Waals surface area contributed by atoms with Crippen LogP contribution < -0.4 is 14.8 Å². The van der Waals surface area contributed by atoms with Gasteiger partial charge in [-0.15, -0.1) is 0 Å². The Morgan fingerprint density at radius 1 is 1.11 bits per heavy atom. The van der Waals surface area contributed by atoms with Gasteiger partial charge in [-0.3, -0.25) is 9.59 Å². The van der Waals surface area contributed by atoms with Gasteiger partial charge in [-0.2, -0.15) is 0 Å². The first-order valence-corrected chi connectivity index (χ1v) is 8.85. The number of methoxy groups -OCH3 is 1. The van der Waals surface area contributed by atoms with Gasteiger partial charge in [0, 0.05) is 23.2 Å². The summed E-state index contributed by atoms with van der Waals surface area (Å²) in [6.45, 7) is 1.19. The quantitative estimate of drug-likeness (QED) is 0.584. The molecule has 0 bridgehead atoms. The van der Waals surface area contributed by atoms with Crippen molar-refractivity contribution < 1.29 is 28.6 Å². The van der Waals surface area contributed by atoms with Crippen LogP contribution in [0.15, 0.2) is 36.4 Å². The Labute approximate surface area is 162 Å². The third-order valence-corrected chi connectivity index (χ3v) is 4.40.